The maximum absolute atomic E-state index is 13.0. The van der Waals surface area contributed by atoms with Crippen LogP contribution in [-0.2, 0) is 12.1 Å². The van der Waals surface area contributed by atoms with Gasteiger partial charge >= 0.3 is 0 Å². The summed E-state index contributed by atoms with van der Waals surface area (Å²) in [6.45, 7) is 0.319. The predicted octanol–water partition coefficient (Wildman–Crippen LogP) is 4.18. The molecule has 0 atom stereocenters. The number of ether oxygens (including phenoxy) is 1. The quantitative estimate of drug-likeness (QED) is 0.745. The van der Waals surface area contributed by atoms with E-state index in [0.717, 1.165) is 36.8 Å². The van der Waals surface area contributed by atoms with Crippen LogP contribution in [0.15, 0.2) is 53.1 Å². The summed E-state index contributed by atoms with van der Waals surface area (Å²) in [5.41, 5.74) is 7.51. The average Bonchev–Trinajstić information content (AvgIpc) is 3.32. The number of para-hydroxylation sites is 1. The fraction of sp³-hybridized carbons (Fsp3) is 0.300. The molecule has 0 aliphatic heterocycles. The Morgan fingerprint density at radius 3 is 2.58 bits per heavy atom. The lowest BCUT2D eigenvalue weighted by Gasteiger charge is -2.17. The van der Waals surface area contributed by atoms with Gasteiger partial charge in [0.15, 0.2) is 5.82 Å². The third-order valence-electron chi connectivity index (χ3n) is 4.79. The number of nitrogens with zero attached hydrogens (tertiary/aromatic N) is 2. The van der Waals surface area contributed by atoms with Gasteiger partial charge in [-0.15, -0.1) is 0 Å². The highest BCUT2D eigenvalue weighted by atomic mass is 19.1. The maximum Gasteiger partial charge on any atom is 0.261 e. The lowest BCUT2D eigenvalue weighted by atomic mass is 9.99. The van der Waals surface area contributed by atoms with Crippen LogP contribution in [-0.4, -0.2) is 10.1 Å². The van der Waals surface area contributed by atoms with Crippen molar-refractivity contribution < 1.29 is 13.7 Å². The summed E-state index contributed by atoms with van der Waals surface area (Å²) >= 11 is 0. The first-order chi connectivity index (χ1) is 12.6. The van der Waals surface area contributed by atoms with E-state index in [9.17, 15) is 4.39 Å². The molecule has 2 N–H and O–H groups in total. The first-order valence-corrected chi connectivity index (χ1v) is 8.74. The predicted molar refractivity (Wildman–Crippen MR) is 94.8 cm³/mol. The largest absolute Gasteiger partial charge is 0.488 e. The van der Waals surface area contributed by atoms with Gasteiger partial charge in [-0.1, -0.05) is 42.3 Å². The Morgan fingerprint density at radius 2 is 1.81 bits per heavy atom. The fourth-order valence-corrected chi connectivity index (χ4v) is 3.28. The molecule has 3 aromatic rings. The van der Waals surface area contributed by atoms with E-state index in [-0.39, 0.29) is 5.82 Å². The third-order valence-corrected chi connectivity index (χ3v) is 4.79. The highest BCUT2D eigenvalue weighted by Gasteiger charge is 2.36. The molecule has 4 rings (SSSR count). The van der Waals surface area contributed by atoms with E-state index in [1.54, 1.807) is 12.1 Å². The smallest absolute Gasteiger partial charge is 0.261 e. The van der Waals surface area contributed by atoms with E-state index >= 15 is 0 Å². The van der Waals surface area contributed by atoms with Crippen molar-refractivity contribution >= 4 is 0 Å². The van der Waals surface area contributed by atoms with Crippen molar-refractivity contribution in [2.24, 2.45) is 5.73 Å². The Balaban J connectivity index is 1.56. The third kappa shape index (κ3) is 3.32. The van der Waals surface area contributed by atoms with Gasteiger partial charge in [-0.05, 0) is 42.7 Å². The van der Waals surface area contributed by atoms with Gasteiger partial charge in [0.25, 0.3) is 5.89 Å². The summed E-state index contributed by atoms with van der Waals surface area (Å²) in [5.74, 6) is 1.31. The highest BCUT2D eigenvalue weighted by Crippen LogP contribution is 2.36. The van der Waals surface area contributed by atoms with Crippen molar-refractivity contribution in [1.82, 2.24) is 10.1 Å². The minimum Gasteiger partial charge on any atom is -0.488 e. The Hall–Kier alpha value is -2.73. The number of benzene rings is 2. The molecule has 2 aromatic carbocycles. The zero-order valence-electron chi connectivity index (χ0n) is 14.3. The van der Waals surface area contributed by atoms with Crippen molar-refractivity contribution in [2.75, 3.05) is 0 Å². The summed E-state index contributed by atoms with van der Waals surface area (Å²) in [6.07, 6.45) is 3.90. The summed E-state index contributed by atoms with van der Waals surface area (Å²) in [4.78, 5) is 4.53. The second-order valence-electron chi connectivity index (χ2n) is 6.70. The molecule has 1 aromatic heterocycles. The maximum atomic E-state index is 13.0. The van der Waals surface area contributed by atoms with Crippen LogP contribution >= 0.6 is 0 Å². The fourth-order valence-electron chi connectivity index (χ4n) is 3.28. The van der Waals surface area contributed by atoms with Crippen LogP contribution < -0.4 is 10.5 Å². The summed E-state index contributed by atoms with van der Waals surface area (Å²) in [5, 5.41) is 4.11. The normalized spacial score (nSPS) is 15.9. The topological polar surface area (TPSA) is 74.2 Å². The molecule has 26 heavy (non-hydrogen) atoms. The molecule has 0 radical (unpaired) electrons. The van der Waals surface area contributed by atoms with Crippen molar-refractivity contribution in [3.05, 3.63) is 65.7 Å². The van der Waals surface area contributed by atoms with E-state index in [1.807, 2.05) is 24.3 Å². The minimum atomic E-state index is -0.494. The standard InChI is InChI=1S/C20H20FN3O2/c21-15-9-7-14(8-10-15)13-25-17-6-2-1-5-16(17)18-23-19(24-26-18)20(22)11-3-4-12-20/h1-2,5-10H,3-4,11-13,22H2. The minimum absolute atomic E-state index is 0.268. The molecule has 1 fully saturated rings. The molecule has 0 amide bonds. The first kappa shape index (κ1) is 16.7. The second-order valence-corrected chi connectivity index (χ2v) is 6.70. The van der Waals surface area contributed by atoms with Crippen LogP contribution in [0.2, 0.25) is 0 Å². The first-order valence-electron chi connectivity index (χ1n) is 8.74. The van der Waals surface area contributed by atoms with E-state index in [2.05, 4.69) is 10.1 Å². The van der Waals surface area contributed by atoms with Gasteiger partial charge in [0.1, 0.15) is 18.2 Å². The molecule has 0 saturated heterocycles. The van der Waals surface area contributed by atoms with E-state index in [1.165, 1.54) is 12.1 Å². The summed E-state index contributed by atoms with van der Waals surface area (Å²) in [7, 11) is 0. The monoisotopic (exact) mass is 353 g/mol. The van der Waals surface area contributed by atoms with E-state index < -0.39 is 5.54 Å². The van der Waals surface area contributed by atoms with Crippen molar-refractivity contribution in [2.45, 2.75) is 37.8 Å². The van der Waals surface area contributed by atoms with Gasteiger partial charge in [-0.25, -0.2) is 4.39 Å². The van der Waals surface area contributed by atoms with E-state index in [4.69, 9.17) is 15.0 Å². The lowest BCUT2D eigenvalue weighted by molar-refractivity contribution is 0.305. The Labute approximate surface area is 151 Å². The number of hydrogen-bond donors (Lipinski definition) is 1. The number of aromatic nitrogens is 2. The van der Waals surface area contributed by atoms with Crippen LogP contribution in [0, 0.1) is 5.82 Å². The summed E-state index contributed by atoms with van der Waals surface area (Å²) in [6, 6.07) is 13.7. The Kier molecular flexibility index (Phi) is 4.42. The van der Waals surface area contributed by atoms with Crippen LogP contribution in [0.4, 0.5) is 4.39 Å². The average molecular weight is 353 g/mol. The van der Waals surface area contributed by atoms with Crippen LogP contribution in [0.25, 0.3) is 11.5 Å². The molecular weight excluding hydrogens is 333 g/mol. The van der Waals surface area contributed by atoms with Crippen LogP contribution in [0.3, 0.4) is 0 Å². The molecule has 134 valence electrons. The van der Waals surface area contributed by atoms with Crippen molar-refractivity contribution in [3.63, 3.8) is 0 Å². The number of halogens is 1. The lowest BCUT2D eigenvalue weighted by Crippen LogP contribution is -2.34. The molecule has 6 heteroatoms. The Morgan fingerprint density at radius 1 is 1.08 bits per heavy atom. The van der Waals surface area contributed by atoms with Gasteiger partial charge in [-0.2, -0.15) is 4.98 Å². The molecule has 5 nitrogen and oxygen atoms in total. The SMILES string of the molecule is NC1(c2noc(-c3ccccc3OCc3ccc(F)cc3)n2)CCCC1. The molecule has 1 heterocycles. The molecule has 1 saturated carbocycles. The van der Waals surface area contributed by atoms with Crippen molar-refractivity contribution in [1.29, 1.82) is 0 Å². The highest BCUT2D eigenvalue weighted by molar-refractivity contribution is 5.62. The Bertz CT molecular complexity index is 886. The molecular formula is C20H20FN3O2. The van der Waals surface area contributed by atoms with Gasteiger partial charge in [0.2, 0.25) is 0 Å². The molecule has 0 spiro atoms. The van der Waals surface area contributed by atoms with Gasteiger partial charge in [0.05, 0.1) is 11.1 Å². The zero-order chi connectivity index (χ0) is 18.0. The number of nitrogens with two attached hydrogens (primary N) is 1. The zero-order valence-corrected chi connectivity index (χ0v) is 14.3. The molecule has 1 aliphatic carbocycles. The van der Waals surface area contributed by atoms with Crippen LogP contribution in [0.1, 0.15) is 37.1 Å². The second kappa shape index (κ2) is 6.88. The number of hydrogen-bond acceptors (Lipinski definition) is 5. The number of rotatable bonds is 5. The molecule has 0 bridgehead atoms. The van der Waals surface area contributed by atoms with Gasteiger partial charge < -0.3 is 15.0 Å². The summed E-state index contributed by atoms with van der Waals surface area (Å²) < 4.78 is 24.4. The van der Waals surface area contributed by atoms with E-state index in [0.29, 0.717) is 24.1 Å². The van der Waals surface area contributed by atoms with Gasteiger partial charge in [0, 0.05) is 0 Å². The van der Waals surface area contributed by atoms with Gasteiger partial charge in [-0.3, -0.25) is 0 Å². The van der Waals surface area contributed by atoms with Crippen LogP contribution in [0.5, 0.6) is 5.75 Å². The van der Waals surface area contributed by atoms with Crippen molar-refractivity contribution in [3.8, 4) is 17.2 Å². The molecule has 0 unspecified atom stereocenters. The molecule has 1 aliphatic rings.